The molecule has 0 unspecified atom stereocenters. The summed E-state index contributed by atoms with van der Waals surface area (Å²) >= 11 is 1.78. The van der Waals surface area contributed by atoms with Gasteiger partial charge in [-0.3, -0.25) is 0 Å². The molecule has 4 heteroatoms. The summed E-state index contributed by atoms with van der Waals surface area (Å²) in [7, 11) is 0. The molecule has 1 heterocycles. The van der Waals surface area contributed by atoms with Crippen molar-refractivity contribution in [1.29, 1.82) is 0 Å². The lowest BCUT2D eigenvalue weighted by atomic mass is 9.73. The van der Waals surface area contributed by atoms with Crippen molar-refractivity contribution in [2.75, 3.05) is 12.4 Å². The highest BCUT2D eigenvalue weighted by Gasteiger charge is 2.39. The molecular formula is C26H30O3S. The number of carbonyl (C=O) groups excluding carboxylic acids is 1. The van der Waals surface area contributed by atoms with Gasteiger partial charge in [-0.25, -0.2) is 4.79 Å². The maximum absolute atomic E-state index is 11.8. The summed E-state index contributed by atoms with van der Waals surface area (Å²) in [6, 6.07) is 11.6. The van der Waals surface area contributed by atoms with Gasteiger partial charge in [0.15, 0.2) is 0 Å². The van der Waals surface area contributed by atoms with Crippen LogP contribution in [0.25, 0.3) is 0 Å². The zero-order valence-electron chi connectivity index (χ0n) is 18.7. The van der Waals surface area contributed by atoms with Crippen LogP contribution in [0, 0.1) is 11.8 Å². The summed E-state index contributed by atoms with van der Waals surface area (Å²) in [5.74, 6) is 8.24. The molecule has 3 nitrogen and oxygen atoms in total. The summed E-state index contributed by atoms with van der Waals surface area (Å²) in [5.41, 5.74) is 3.48. The summed E-state index contributed by atoms with van der Waals surface area (Å²) in [6.07, 6.45) is 0.954. The fourth-order valence-electron chi connectivity index (χ4n) is 4.08. The molecule has 0 N–H and O–H groups in total. The topological polar surface area (TPSA) is 35.5 Å². The molecule has 0 fully saturated rings. The summed E-state index contributed by atoms with van der Waals surface area (Å²) in [4.78, 5) is 13.0. The first-order valence-electron chi connectivity index (χ1n) is 10.4. The van der Waals surface area contributed by atoms with Gasteiger partial charge in [-0.05, 0) is 74.8 Å². The summed E-state index contributed by atoms with van der Waals surface area (Å²) < 4.78 is 11.3. The van der Waals surface area contributed by atoms with Gasteiger partial charge >= 0.3 is 5.97 Å². The number of rotatable bonds is 4. The number of fused-ring (bicyclic) bond motifs is 1. The Morgan fingerprint density at radius 1 is 1.10 bits per heavy atom. The first kappa shape index (κ1) is 22.3. The molecule has 0 radical (unpaired) electrons. The first-order valence-corrected chi connectivity index (χ1v) is 11.4. The molecule has 0 saturated heterocycles. The Bertz CT molecular complexity index is 991. The minimum atomic E-state index is -0.307. The molecule has 30 heavy (non-hydrogen) atoms. The van der Waals surface area contributed by atoms with Crippen molar-refractivity contribution in [3.05, 3.63) is 58.7 Å². The molecule has 0 spiro atoms. The lowest BCUT2D eigenvalue weighted by Gasteiger charge is -2.42. The Morgan fingerprint density at radius 3 is 2.43 bits per heavy atom. The van der Waals surface area contributed by atoms with Crippen LogP contribution in [0.1, 0.15) is 75.0 Å². The SMILES string of the molecule is CCOC(=O)c1ccc(C#Cc2cc3c(cc2SCC)OC(C)(C)CC3(C)C)cc1. The van der Waals surface area contributed by atoms with Crippen molar-refractivity contribution >= 4 is 17.7 Å². The zero-order valence-corrected chi connectivity index (χ0v) is 19.5. The van der Waals surface area contributed by atoms with Crippen LogP contribution in [0.5, 0.6) is 5.75 Å². The van der Waals surface area contributed by atoms with Gasteiger partial charge in [0.25, 0.3) is 0 Å². The monoisotopic (exact) mass is 422 g/mol. The van der Waals surface area contributed by atoms with E-state index in [9.17, 15) is 4.79 Å². The van der Waals surface area contributed by atoms with Crippen molar-refractivity contribution in [3.8, 4) is 17.6 Å². The van der Waals surface area contributed by atoms with Crippen LogP contribution in [0.2, 0.25) is 0 Å². The van der Waals surface area contributed by atoms with Gasteiger partial charge in [0.2, 0.25) is 0 Å². The van der Waals surface area contributed by atoms with E-state index in [0.717, 1.165) is 33.9 Å². The third-order valence-corrected chi connectivity index (χ3v) is 6.04. The van der Waals surface area contributed by atoms with Gasteiger partial charge in [-0.1, -0.05) is 32.6 Å². The van der Waals surface area contributed by atoms with E-state index in [1.165, 1.54) is 5.56 Å². The Balaban J connectivity index is 1.96. The molecule has 0 atom stereocenters. The van der Waals surface area contributed by atoms with E-state index in [4.69, 9.17) is 9.47 Å². The van der Waals surface area contributed by atoms with E-state index >= 15 is 0 Å². The van der Waals surface area contributed by atoms with E-state index in [0.29, 0.717) is 12.2 Å². The Kier molecular flexibility index (Phi) is 6.53. The van der Waals surface area contributed by atoms with Crippen LogP contribution < -0.4 is 4.74 Å². The third kappa shape index (κ3) is 5.02. The Labute approximate surface area is 184 Å². The smallest absolute Gasteiger partial charge is 0.338 e. The van der Waals surface area contributed by atoms with Crippen LogP contribution in [0.4, 0.5) is 0 Å². The van der Waals surface area contributed by atoms with E-state index in [2.05, 4.69) is 58.6 Å². The molecule has 3 rings (SSSR count). The number of hydrogen-bond donors (Lipinski definition) is 0. The predicted molar refractivity (Wildman–Crippen MR) is 124 cm³/mol. The van der Waals surface area contributed by atoms with Gasteiger partial charge in [0.05, 0.1) is 12.2 Å². The second-order valence-corrected chi connectivity index (χ2v) is 10.1. The van der Waals surface area contributed by atoms with Crippen LogP contribution in [0.3, 0.4) is 0 Å². The molecule has 0 bridgehead atoms. The van der Waals surface area contributed by atoms with Crippen molar-refractivity contribution in [3.63, 3.8) is 0 Å². The van der Waals surface area contributed by atoms with E-state index in [1.54, 1.807) is 30.8 Å². The third-order valence-electron chi connectivity index (χ3n) is 5.10. The number of thioether (sulfide) groups is 1. The Morgan fingerprint density at radius 2 is 1.80 bits per heavy atom. The minimum Gasteiger partial charge on any atom is -0.487 e. The highest BCUT2D eigenvalue weighted by atomic mass is 32.2. The van der Waals surface area contributed by atoms with Crippen molar-refractivity contribution in [2.24, 2.45) is 0 Å². The number of esters is 1. The van der Waals surface area contributed by atoms with Gasteiger partial charge in [0.1, 0.15) is 11.4 Å². The largest absolute Gasteiger partial charge is 0.487 e. The number of benzene rings is 2. The van der Waals surface area contributed by atoms with Crippen molar-refractivity contribution < 1.29 is 14.3 Å². The maximum atomic E-state index is 11.8. The highest BCUT2D eigenvalue weighted by Crippen LogP contribution is 2.46. The molecule has 0 aromatic heterocycles. The van der Waals surface area contributed by atoms with Crippen molar-refractivity contribution in [2.45, 2.75) is 63.9 Å². The predicted octanol–water partition coefficient (Wildman–Crippen LogP) is 6.21. The van der Waals surface area contributed by atoms with Gasteiger partial charge in [0, 0.05) is 21.6 Å². The normalized spacial score (nSPS) is 15.9. The molecule has 1 aliphatic rings. The quantitative estimate of drug-likeness (QED) is 0.333. The van der Waals surface area contributed by atoms with Crippen LogP contribution in [0.15, 0.2) is 41.3 Å². The summed E-state index contributed by atoms with van der Waals surface area (Å²) in [6.45, 7) is 13.2. The van der Waals surface area contributed by atoms with Gasteiger partial charge in [-0.15, -0.1) is 11.8 Å². The highest BCUT2D eigenvalue weighted by molar-refractivity contribution is 7.99. The number of hydrogen-bond acceptors (Lipinski definition) is 4. The van der Waals surface area contributed by atoms with Crippen LogP contribution >= 0.6 is 11.8 Å². The molecule has 0 aliphatic carbocycles. The maximum Gasteiger partial charge on any atom is 0.338 e. The van der Waals surface area contributed by atoms with E-state index < -0.39 is 0 Å². The lowest BCUT2D eigenvalue weighted by Crippen LogP contribution is -2.41. The Hall–Kier alpha value is -2.38. The van der Waals surface area contributed by atoms with E-state index in [-0.39, 0.29) is 17.0 Å². The molecule has 0 saturated carbocycles. The average Bonchev–Trinajstić information content (AvgIpc) is 2.66. The van der Waals surface area contributed by atoms with Gasteiger partial charge < -0.3 is 9.47 Å². The summed E-state index contributed by atoms with van der Waals surface area (Å²) in [5, 5.41) is 0. The number of ether oxygens (including phenoxy) is 2. The second-order valence-electron chi connectivity index (χ2n) is 8.75. The van der Waals surface area contributed by atoms with Crippen molar-refractivity contribution in [1.82, 2.24) is 0 Å². The average molecular weight is 423 g/mol. The van der Waals surface area contributed by atoms with Crippen LogP contribution in [-0.4, -0.2) is 23.9 Å². The zero-order chi connectivity index (χ0) is 21.9. The van der Waals surface area contributed by atoms with Crippen LogP contribution in [-0.2, 0) is 10.2 Å². The number of carbonyl (C=O) groups is 1. The molecular weight excluding hydrogens is 392 g/mol. The molecule has 158 valence electrons. The molecule has 2 aromatic carbocycles. The second kappa shape index (κ2) is 8.78. The fourth-order valence-corrected chi connectivity index (χ4v) is 4.85. The minimum absolute atomic E-state index is 0.0181. The molecule has 0 amide bonds. The fraction of sp³-hybridized carbons (Fsp3) is 0.423. The first-order chi connectivity index (χ1) is 14.1. The van der Waals surface area contributed by atoms with Gasteiger partial charge in [-0.2, -0.15) is 0 Å². The standard InChI is InChI=1S/C26H30O3S/c1-7-28-24(27)19-12-9-18(10-13-19)11-14-20-15-21-22(16-23(20)30-8-2)29-26(5,6)17-25(21,3)4/h9-10,12-13,15-16H,7-8,17H2,1-6H3. The van der Waals surface area contributed by atoms with E-state index in [1.807, 2.05) is 12.1 Å². The molecule has 2 aromatic rings. The molecule has 1 aliphatic heterocycles. The lowest BCUT2D eigenvalue weighted by molar-refractivity contribution is 0.0521.